The first-order valence-electron chi connectivity index (χ1n) is 2.14. The summed E-state index contributed by atoms with van der Waals surface area (Å²) in [6.07, 6.45) is 3.40. The topological polar surface area (TPSA) is 29.5 Å². The zero-order valence-corrected chi connectivity index (χ0v) is 5.61. The van der Waals surface area contributed by atoms with Gasteiger partial charge in [-0.3, -0.25) is 0 Å². The van der Waals surface area contributed by atoms with Gasteiger partial charge in [0.1, 0.15) is 7.34 Å². The minimum absolute atomic E-state index is 0.546. The highest BCUT2D eigenvalue weighted by molar-refractivity contribution is 7.62. The molecule has 0 heterocycles. The van der Waals surface area contributed by atoms with Crippen LogP contribution in [0.25, 0.3) is 0 Å². The van der Waals surface area contributed by atoms with Gasteiger partial charge in [0, 0.05) is 6.66 Å². The lowest BCUT2D eigenvalue weighted by molar-refractivity contribution is 0.330. The van der Waals surface area contributed by atoms with Gasteiger partial charge in [-0.2, -0.15) is 0 Å². The van der Waals surface area contributed by atoms with Crippen molar-refractivity contribution in [3.63, 3.8) is 0 Å². The van der Waals surface area contributed by atoms with Crippen molar-refractivity contribution in [2.75, 3.05) is 13.3 Å². The van der Waals surface area contributed by atoms with Gasteiger partial charge in [-0.05, 0) is 6.92 Å². The maximum Gasteiger partial charge on any atom is 0.111 e. The zero-order valence-electron chi connectivity index (χ0n) is 4.72. The molecular weight excluding hydrogens is 111 g/mol. The van der Waals surface area contributed by atoms with E-state index in [2.05, 4.69) is 6.30 Å². The summed E-state index contributed by atoms with van der Waals surface area (Å²) in [5.41, 5.74) is 0. The van der Waals surface area contributed by atoms with E-state index in [0.717, 1.165) is 0 Å². The fourth-order valence-corrected chi connectivity index (χ4v) is 0.834. The van der Waals surface area contributed by atoms with Crippen LogP contribution in [0.2, 0.25) is 0 Å². The highest BCUT2D eigenvalue weighted by Gasteiger charge is 1.95. The van der Waals surface area contributed by atoms with Crippen molar-refractivity contribution in [2.24, 2.45) is 0 Å². The molecule has 0 aliphatic carbocycles. The van der Waals surface area contributed by atoms with Crippen LogP contribution in [0, 0.1) is 0 Å². The number of hydrogen-bond acceptors (Lipinski definition) is 2. The molecule has 0 bridgehead atoms. The first-order chi connectivity index (χ1) is 3.06. The summed E-state index contributed by atoms with van der Waals surface area (Å²) in [4.78, 5) is 8.80. The van der Waals surface area contributed by atoms with Crippen molar-refractivity contribution >= 4 is 13.6 Å². The molecule has 2 nitrogen and oxygen atoms in total. The molecule has 1 N–H and O–H groups in total. The van der Waals surface area contributed by atoms with Crippen LogP contribution in [-0.2, 0) is 4.52 Å². The van der Waals surface area contributed by atoms with Crippen LogP contribution in [0.4, 0.5) is 0 Å². The first-order valence-corrected chi connectivity index (χ1v) is 4.43. The fourth-order valence-electron chi connectivity index (χ4n) is 0.278. The molecule has 0 radical (unpaired) electrons. The Morgan fingerprint density at radius 2 is 2.29 bits per heavy atom. The molecule has 1 unspecified atom stereocenters. The van der Waals surface area contributed by atoms with Gasteiger partial charge in [-0.25, -0.2) is 0 Å². The van der Waals surface area contributed by atoms with Gasteiger partial charge in [0.05, 0.1) is 6.61 Å². The SMILES string of the molecule is C=P(C)(O)OCC. The third kappa shape index (κ3) is 6.22. The van der Waals surface area contributed by atoms with Crippen molar-refractivity contribution < 1.29 is 9.42 Å². The first kappa shape index (κ1) is 7.22. The third-order valence-corrected chi connectivity index (χ3v) is 1.22. The van der Waals surface area contributed by atoms with Gasteiger partial charge >= 0.3 is 0 Å². The Hall–Kier alpha value is 0.220. The van der Waals surface area contributed by atoms with E-state index in [1.165, 1.54) is 0 Å². The Kier molecular flexibility index (Phi) is 2.59. The molecular formula is C4H11O2P. The highest BCUT2D eigenvalue weighted by atomic mass is 31.2. The Labute approximate surface area is 44.3 Å². The van der Waals surface area contributed by atoms with E-state index in [4.69, 9.17) is 9.42 Å². The largest absolute Gasteiger partial charge is 0.353 e. The molecule has 0 fully saturated rings. The second kappa shape index (κ2) is 2.51. The van der Waals surface area contributed by atoms with Crippen LogP contribution < -0.4 is 0 Å². The maximum absolute atomic E-state index is 8.80. The number of hydrogen-bond donors (Lipinski definition) is 1. The monoisotopic (exact) mass is 122 g/mol. The minimum Gasteiger partial charge on any atom is -0.353 e. The molecule has 0 rings (SSSR count). The Balaban J connectivity index is 3.36. The normalized spacial score (nSPS) is 18.7. The fraction of sp³-hybridized carbons (Fsp3) is 0.750. The van der Waals surface area contributed by atoms with E-state index in [0.29, 0.717) is 6.61 Å². The Bertz CT molecular complexity index is 83.7. The molecule has 1 atom stereocenters. The molecule has 0 aliphatic heterocycles. The van der Waals surface area contributed by atoms with Gasteiger partial charge in [0.15, 0.2) is 0 Å². The highest BCUT2D eigenvalue weighted by Crippen LogP contribution is 2.34. The lowest BCUT2D eigenvalue weighted by atomic mass is 10.9. The summed E-state index contributed by atoms with van der Waals surface area (Å²) in [5.74, 6) is 0. The average molecular weight is 122 g/mol. The van der Waals surface area contributed by atoms with Crippen LogP contribution in [0.3, 0.4) is 0 Å². The van der Waals surface area contributed by atoms with Crippen LogP contribution in [0.15, 0.2) is 0 Å². The van der Waals surface area contributed by atoms with Gasteiger partial charge in [-0.15, -0.1) is 0 Å². The minimum atomic E-state index is -2.17. The van der Waals surface area contributed by atoms with Gasteiger partial charge in [-0.1, -0.05) is 6.30 Å². The average Bonchev–Trinajstić information content (AvgIpc) is 1.30. The summed E-state index contributed by atoms with van der Waals surface area (Å²) in [6, 6.07) is 0. The molecule has 0 saturated heterocycles. The van der Waals surface area contributed by atoms with E-state index in [9.17, 15) is 0 Å². The summed E-state index contributed by atoms with van der Waals surface area (Å²) < 4.78 is 4.78. The number of rotatable bonds is 2. The maximum atomic E-state index is 8.80. The quantitative estimate of drug-likeness (QED) is 0.552. The van der Waals surface area contributed by atoms with Crippen molar-refractivity contribution in [2.45, 2.75) is 6.92 Å². The lowest BCUT2D eigenvalue weighted by Crippen LogP contribution is -1.84. The van der Waals surface area contributed by atoms with Crippen molar-refractivity contribution in [3.8, 4) is 0 Å². The Morgan fingerprint density at radius 1 is 1.86 bits per heavy atom. The predicted octanol–water partition coefficient (Wildman–Crippen LogP) is 0.925. The third-order valence-electron chi connectivity index (χ3n) is 0.407. The summed E-state index contributed by atoms with van der Waals surface area (Å²) in [5, 5.41) is 0. The molecule has 44 valence electrons. The standard InChI is InChI=1S/C4H11O2P/c1-4-6-7(2,3)5/h5H,2,4H2,1,3H3. The van der Waals surface area contributed by atoms with E-state index >= 15 is 0 Å². The molecule has 3 heteroatoms. The van der Waals surface area contributed by atoms with E-state index in [1.54, 1.807) is 6.66 Å². The van der Waals surface area contributed by atoms with Crippen molar-refractivity contribution in [3.05, 3.63) is 0 Å². The molecule has 0 spiro atoms. The summed E-state index contributed by atoms with van der Waals surface area (Å²) in [6.45, 7) is 3.99. The van der Waals surface area contributed by atoms with E-state index in [-0.39, 0.29) is 0 Å². The molecule has 7 heavy (non-hydrogen) atoms. The molecule has 0 aromatic rings. The van der Waals surface area contributed by atoms with Crippen LogP contribution in [0.5, 0.6) is 0 Å². The van der Waals surface area contributed by atoms with Crippen LogP contribution in [-0.4, -0.2) is 24.5 Å². The smallest absolute Gasteiger partial charge is 0.111 e. The molecule has 0 aromatic heterocycles. The molecule has 0 aliphatic rings. The zero-order chi connectivity index (χ0) is 5.91. The van der Waals surface area contributed by atoms with Crippen molar-refractivity contribution in [1.29, 1.82) is 0 Å². The molecule has 0 saturated carbocycles. The lowest BCUT2D eigenvalue weighted by Gasteiger charge is -2.08. The van der Waals surface area contributed by atoms with Crippen LogP contribution in [0.1, 0.15) is 6.92 Å². The summed E-state index contributed by atoms with van der Waals surface area (Å²) in [7, 11) is -2.17. The van der Waals surface area contributed by atoms with Gasteiger partial charge in [0.2, 0.25) is 0 Å². The molecule has 0 aromatic carbocycles. The molecule has 0 amide bonds. The van der Waals surface area contributed by atoms with E-state index < -0.39 is 7.34 Å². The van der Waals surface area contributed by atoms with E-state index in [1.807, 2.05) is 6.92 Å². The van der Waals surface area contributed by atoms with Gasteiger partial charge < -0.3 is 9.42 Å². The summed E-state index contributed by atoms with van der Waals surface area (Å²) >= 11 is 0. The van der Waals surface area contributed by atoms with Gasteiger partial charge in [0.25, 0.3) is 0 Å². The Morgan fingerprint density at radius 3 is 2.29 bits per heavy atom. The second-order valence-corrected chi connectivity index (χ2v) is 3.83. The van der Waals surface area contributed by atoms with Crippen LogP contribution >= 0.6 is 7.34 Å². The van der Waals surface area contributed by atoms with Crippen molar-refractivity contribution in [1.82, 2.24) is 0 Å². The predicted molar refractivity (Wildman–Crippen MR) is 33.8 cm³/mol. The second-order valence-electron chi connectivity index (χ2n) is 1.47.